The Kier molecular flexibility index (Phi) is 5.93. The summed E-state index contributed by atoms with van der Waals surface area (Å²) in [6, 6.07) is 3.38. The first kappa shape index (κ1) is 15.6. The molecule has 1 rings (SSSR count). The smallest absolute Gasteiger partial charge is 0.167 e. The van der Waals surface area contributed by atoms with E-state index in [9.17, 15) is 4.39 Å². The van der Waals surface area contributed by atoms with Gasteiger partial charge in [0.1, 0.15) is 0 Å². The van der Waals surface area contributed by atoms with Crippen LogP contribution in [0.2, 0.25) is 0 Å². The van der Waals surface area contributed by atoms with E-state index in [4.69, 9.17) is 10.5 Å². The van der Waals surface area contributed by atoms with E-state index in [2.05, 4.69) is 25.7 Å². The summed E-state index contributed by atoms with van der Waals surface area (Å²) in [6.07, 6.45) is 1.86. The predicted molar refractivity (Wildman–Crippen MR) is 79.4 cm³/mol. The van der Waals surface area contributed by atoms with Crippen molar-refractivity contribution in [3.63, 3.8) is 0 Å². The lowest BCUT2D eigenvalue weighted by atomic mass is 10.2. The number of nitrogens with two attached hydrogens (primary N) is 1. The van der Waals surface area contributed by atoms with Crippen LogP contribution in [-0.2, 0) is 0 Å². The Labute approximate surface area is 115 Å². The van der Waals surface area contributed by atoms with Gasteiger partial charge in [-0.1, -0.05) is 13.8 Å². The maximum absolute atomic E-state index is 13.8. The third kappa shape index (κ3) is 4.01. The van der Waals surface area contributed by atoms with Crippen molar-refractivity contribution in [1.29, 1.82) is 0 Å². The van der Waals surface area contributed by atoms with E-state index < -0.39 is 5.82 Å². The molecule has 4 heteroatoms. The standard InChI is InChI=1S/C15H25FN2O/c1-5-7-18(11(3)4)14-10-15(19-8-6-2)12(16)9-13(14)17/h9-11H,5-8,17H2,1-4H3. The summed E-state index contributed by atoms with van der Waals surface area (Å²) < 4.78 is 19.2. The van der Waals surface area contributed by atoms with Crippen LogP contribution in [0.5, 0.6) is 5.75 Å². The van der Waals surface area contributed by atoms with Gasteiger partial charge >= 0.3 is 0 Å². The summed E-state index contributed by atoms with van der Waals surface area (Å²) in [6.45, 7) is 9.71. The first-order valence-corrected chi connectivity index (χ1v) is 6.99. The van der Waals surface area contributed by atoms with Crippen molar-refractivity contribution in [3.05, 3.63) is 17.9 Å². The third-order valence-electron chi connectivity index (χ3n) is 2.94. The van der Waals surface area contributed by atoms with Gasteiger partial charge in [0, 0.05) is 24.7 Å². The summed E-state index contributed by atoms with van der Waals surface area (Å²) in [7, 11) is 0. The van der Waals surface area contributed by atoms with Crippen molar-refractivity contribution in [2.45, 2.75) is 46.6 Å². The SMILES string of the molecule is CCCOc1cc(N(CCC)C(C)C)c(N)cc1F. The van der Waals surface area contributed by atoms with Gasteiger partial charge in [0.05, 0.1) is 18.0 Å². The van der Waals surface area contributed by atoms with Gasteiger partial charge in [-0.05, 0) is 26.7 Å². The van der Waals surface area contributed by atoms with Gasteiger partial charge in [-0.3, -0.25) is 0 Å². The molecule has 0 aliphatic heterocycles. The van der Waals surface area contributed by atoms with E-state index >= 15 is 0 Å². The van der Waals surface area contributed by atoms with E-state index in [1.807, 2.05) is 6.92 Å². The zero-order chi connectivity index (χ0) is 14.4. The molecule has 19 heavy (non-hydrogen) atoms. The number of ether oxygens (including phenoxy) is 1. The highest BCUT2D eigenvalue weighted by molar-refractivity contribution is 5.70. The molecule has 0 heterocycles. The molecule has 0 radical (unpaired) electrons. The fraction of sp³-hybridized carbons (Fsp3) is 0.600. The van der Waals surface area contributed by atoms with Gasteiger partial charge in [0.25, 0.3) is 0 Å². The molecule has 0 spiro atoms. The first-order valence-electron chi connectivity index (χ1n) is 6.99. The Balaban J connectivity index is 3.10. The molecule has 0 bridgehead atoms. The average Bonchev–Trinajstić information content (AvgIpc) is 2.35. The monoisotopic (exact) mass is 268 g/mol. The minimum Gasteiger partial charge on any atom is -0.490 e. The maximum Gasteiger partial charge on any atom is 0.167 e. The zero-order valence-electron chi connectivity index (χ0n) is 12.4. The first-order chi connectivity index (χ1) is 9.01. The summed E-state index contributed by atoms with van der Waals surface area (Å²) in [5.74, 6) is -0.109. The highest BCUT2D eigenvalue weighted by Crippen LogP contribution is 2.32. The van der Waals surface area contributed by atoms with Gasteiger partial charge in [0.15, 0.2) is 11.6 Å². The van der Waals surface area contributed by atoms with E-state index in [1.165, 1.54) is 6.07 Å². The molecule has 0 amide bonds. The molecule has 0 aliphatic rings. The molecule has 108 valence electrons. The van der Waals surface area contributed by atoms with Gasteiger partial charge < -0.3 is 15.4 Å². The molecule has 0 atom stereocenters. The Hall–Kier alpha value is -1.45. The van der Waals surface area contributed by atoms with Crippen molar-refractivity contribution < 1.29 is 9.13 Å². The molecule has 2 N–H and O–H groups in total. The lowest BCUT2D eigenvalue weighted by Crippen LogP contribution is -2.32. The van der Waals surface area contributed by atoms with Gasteiger partial charge in [-0.15, -0.1) is 0 Å². The van der Waals surface area contributed by atoms with Crippen molar-refractivity contribution in [2.24, 2.45) is 0 Å². The topological polar surface area (TPSA) is 38.5 Å². The maximum atomic E-state index is 13.8. The van der Waals surface area contributed by atoms with Crippen LogP contribution >= 0.6 is 0 Å². The number of hydrogen-bond donors (Lipinski definition) is 1. The average molecular weight is 268 g/mol. The van der Waals surface area contributed by atoms with Gasteiger partial charge in [-0.2, -0.15) is 0 Å². The Morgan fingerprint density at radius 3 is 2.47 bits per heavy atom. The fourth-order valence-electron chi connectivity index (χ4n) is 2.03. The lowest BCUT2D eigenvalue weighted by Gasteiger charge is -2.30. The molecule has 0 fully saturated rings. The second kappa shape index (κ2) is 7.22. The minimum absolute atomic E-state index is 0.285. The second-order valence-corrected chi connectivity index (χ2v) is 4.98. The van der Waals surface area contributed by atoms with Crippen LogP contribution in [0, 0.1) is 5.82 Å². The number of hydrogen-bond acceptors (Lipinski definition) is 3. The highest BCUT2D eigenvalue weighted by atomic mass is 19.1. The molecule has 3 nitrogen and oxygen atoms in total. The number of anilines is 2. The van der Waals surface area contributed by atoms with Crippen molar-refractivity contribution in [1.82, 2.24) is 0 Å². The fourth-order valence-corrected chi connectivity index (χ4v) is 2.03. The van der Waals surface area contributed by atoms with Crippen molar-refractivity contribution in [3.8, 4) is 5.75 Å². The number of rotatable bonds is 7. The van der Waals surface area contributed by atoms with Gasteiger partial charge in [-0.25, -0.2) is 4.39 Å². The summed E-state index contributed by atoms with van der Waals surface area (Å²) >= 11 is 0. The predicted octanol–water partition coefficient (Wildman–Crippen LogP) is 3.82. The molecule has 0 aliphatic carbocycles. The molecule has 0 saturated carbocycles. The van der Waals surface area contributed by atoms with E-state index in [1.54, 1.807) is 6.07 Å². The van der Waals surface area contributed by atoms with E-state index in [0.29, 0.717) is 18.3 Å². The molecular formula is C15H25FN2O. The zero-order valence-corrected chi connectivity index (χ0v) is 12.4. The second-order valence-electron chi connectivity index (χ2n) is 4.98. The summed E-state index contributed by atoms with van der Waals surface area (Å²) in [4.78, 5) is 2.17. The Morgan fingerprint density at radius 2 is 1.95 bits per heavy atom. The molecule has 1 aromatic rings. The molecule has 0 aromatic heterocycles. The number of benzene rings is 1. The van der Waals surface area contributed by atoms with Crippen LogP contribution in [0.1, 0.15) is 40.5 Å². The summed E-state index contributed by atoms with van der Waals surface area (Å²) in [5, 5.41) is 0. The third-order valence-corrected chi connectivity index (χ3v) is 2.94. The number of halogens is 1. The van der Waals surface area contributed by atoms with Crippen LogP contribution in [-0.4, -0.2) is 19.2 Å². The number of nitrogens with zero attached hydrogens (tertiary/aromatic N) is 1. The van der Waals surface area contributed by atoms with E-state index in [0.717, 1.165) is 25.1 Å². The van der Waals surface area contributed by atoms with Crippen LogP contribution in [0.4, 0.5) is 15.8 Å². The van der Waals surface area contributed by atoms with E-state index in [-0.39, 0.29) is 5.75 Å². The van der Waals surface area contributed by atoms with Crippen LogP contribution in [0.25, 0.3) is 0 Å². The Morgan fingerprint density at radius 1 is 1.26 bits per heavy atom. The molecule has 0 saturated heterocycles. The van der Waals surface area contributed by atoms with Gasteiger partial charge in [0.2, 0.25) is 0 Å². The molecular weight excluding hydrogens is 243 g/mol. The van der Waals surface area contributed by atoms with Crippen LogP contribution < -0.4 is 15.4 Å². The van der Waals surface area contributed by atoms with Crippen molar-refractivity contribution >= 4 is 11.4 Å². The highest BCUT2D eigenvalue weighted by Gasteiger charge is 2.16. The van der Waals surface area contributed by atoms with Crippen LogP contribution in [0.15, 0.2) is 12.1 Å². The largest absolute Gasteiger partial charge is 0.490 e. The normalized spacial score (nSPS) is 10.8. The van der Waals surface area contributed by atoms with Crippen molar-refractivity contribution in [2.75, 3.05) is 23.8 Å². The molecule has 0 unspecified atom stereocenters. The lowest BCUT2D eigenvalue weighted by molar-refractivity contribution is 0.301. The van der Waals surface area contributed by atoms with Crippen LogP contribution in [0.3, 0.4) is 0 Å². The number of nitrogen functional groups attached to an aromatic ring is 1. The Bertz CT molecular complexity index is 407. The summed E-state index contributed by atoms with van der Waals surface area (Å²) in [5.41, 5.74) is 7.26. The molecule has 1 aromatic carbocycles. The minimum atomic E-state index is -0.394. The quantitative estimate of drug-likeness (QED) is 0.764.